The lowest BCUT2D eigenvalue weighted by Crippen LogP contribution is -2.32. The van der Waals surface area contributed by atoms with Crippen molar-refractivity contribution in [1.82, 2.24) is 9.80 Å². The SMILES string of the molecule is COc1cc([C@@H]2C(=C(O)c3ccc4c(c3)OCCO4)C(=O)C(=O)N2CCCN(C)C)ccc1OCCC(C)C. The summed E-state index contributed by atoms with van der Waals surface area (Å²) in [6.45, 7) is 6.72. The number of Topliss-reactive ketones (excluding diaryl/α,β-unsaturated/α-hetero) is 1. The number of fused-ring (bicyclic) bond motifs is 1. The quantitative estimate of drug-likeness (QED) is 0.258. The molecule has 2 aliphatic rings. The van der Waals surface area contributed by atoms with Crippen LogP contribution in [0.1, 0.15) is 43.9 Å². The molecule has 9 heteroatoms. The van der Waals surface area contributed by atoms with E-state index in [4.69, 9.17) is 18.9 Å². The molecular weight excluding hydrogens is 500 g/mol. The van der Waals surface area contributed by atoms with Crippen LogP contribution in [0.2, 0.25) is 0 Å². The van der Waals surface area contributed by atoms with Crippen LogP contribution in [-0.4, -0.2) is 80.7 Å². The van der Waals surface area contributed by atoms with Crippen molar-refractivity contribution in [2.24, 2.45) is 5.92 Å². The summed E-state index contributed by atoms with van der Waals surface area (Å²) in [4.78, 5) is 30.2. The van der Waals surface area contributed by atoms with Crippen molar-refractivity contribution in [3.05, 3.63) is 53.1 Å². The van der Waals surface area contributed by atoms with Crippen molar-refractivity contribution in [1.29, 1.82) is 0 Å². The number of amides is 1. The number of hydrogen-bond acceptors (Lipinski definition) is 8. The lowest BCUT2D eigenvalue weighted by atomic mass is 9.94. The van der Waals surface area contributed by atoms with E-state index in [9.17, 15) is 14.7 Å². The maximum absolute atomic E-state index is 13.4. The van der Waals surface area contributed by atoms with Crippen molar-refractivity contribution >= 4 is 17.4 Å². The zero-order chi connectivity index (χ0) is 28.1. The standard InChI is InChI=1S/C30H38N2O7/c1-19(2)11-14-37-22-9-7-20(17-24(22)36-5)27-26(29(34)30(35)32(27)13-6-12-31(3)4)28(33)21-8-10-23-25(18-21)39-16-15-38-23/h7-10,17-19,27,33H,6,11-16H2,1-5H3/t27-/m1/s1. The Balaban J connectivity index is 1.76. The molecule has 2 heterocycles. The van der Waals surface area contributed by atoms with Crippen LogP contribution in [0.5, 0.6) is 23.0 Å². The molecular formula is C30H38N2O7. The van der Waals surface area contributed by atoms with Gasteiger partial charge >= 0.3 is 0 Å². The second-order valence-electron chi connectivity index (χ2n) is 10.4. The molecule has 9 nitrogen and oxygen atoms in total. The first-order valence-corrected chi connectivity index (χ1v) is 13.3. The zero-order valence-electron chi connectivity index (χ0n) is 23.4. The Bertz CT molecular complexity index is 1240. The minimum Gasteiger partial charge on any atom is -0.507 e. The van der Waals surface area contributed by atoms with E-state index in [1.807, 2.05) is 25.1 Å². The number of aliphatic hydroxyl groups is 1. The predicted octanol–water partition coefficient (Wildman–Crippen LogP) is 4.26. The van der Waals surface area contributed by atoms with E-state index in [0.29, 0.717) is 72.8 Å². The van der Waals surface area contributed by atoms with Gasteiger partial charge in [-0.15, -0.1) is 0 Å². The summed E-state index contributed by atoms with van der Waals surface area (Å²) in [6.07, 6.45) is 1.56. The summed E-state index contributed by atoms with van der Waals surface area (Å²) in [6, 6.07) is 9.57. The molecule has 210 valence electrons. The molecule has 0 spiro atoms. The third-order valence-corrected chi connectivity index (χ3v) is 6.82. The van der Waals surface area contributed by atoms with E-state index in [-0.39, 0.29) is 11.3 Å². The van der Waals surface area contributed by atoms with Crippen LogP contribution in [-0.2, 0) is 9.59 Å². The Hall–Kier alpha value is -3.72. The number of nitrogens with zero attached hydrogens (tertiary/aromatic N) is 2. The molecule has 0 bridgehead atoms. The van der Waals surface area contributed by atoms with Crippen LogP contribution >= 0.6 is 0 Å². The minimum absolute atomic E-state index is 0.0251. The number of rotatable bonds is 11. The number of benzene rings is 2. The van der Waals surface area contributed by atoms with Crippen LogP contribution < -0.4 is 18.9 Å². The van der Waals surface area contributed by atoms with Gasteiger partial charge in [-0.1, -0.05) is 19.9 Å². The van der Waals surface area contributed by atoms with Crippen molar-refractivity contribution in [3.63, 3.8) is 0 Å². The van der Waals surface area contributed by atoms with Gasteiger partial charge in [0.15, 0.2) is 23.0 Å². The lowest BCUT2D eigenvalue weighted by molar-refractivity contribution is -0.139. The summed E-state index contributed by atoms with van der Waals surface area (Å²) >= 11 is 0. The Morgan fingerprint density at radius 2 is 1.82 bits per heavy atom. The van der Waals surface area contributed by atoms with E-state index in [2.05, 4.69) is 13.8 Å². The monoisotopic (exact) mass is 538 g/mol. The number of carbonyl (C=O) groups is 2. The highest BCUT2D eigenvalue weighted by Crippen LogP contribution is 2.43. The fraction of sp³-hybridized carbons (Fsp3) is 0.467. The van der Waals surface area contributed by atoms with E-state index in [1.165, 1.54) is 4.90 Å². The number of ether oxygens (including phenoxy) is 4. The number of ketones is 1. The molecule has 2 aromatic carbocycles. The van der Waals surface area contributed by atoms with E-state index in [0.717, 1.165) is 13.0 Å². The molecule has 1 amide bonds. The van der Waals surface area contributed by atoms with Gasteiger partial charge in [0.2, 0.25) is 0 Å². The largest absolute Gasteiger partial charge is 0.507 e. The van der Waals surface area contributed by atoms with Gasteiger partial charge in [0, 0.05) is 12.1 Å². The fourth-order valence-electron chi connectivity index (χ4n) is 4.74. The van der Waals surface area contributed by atoms with Crippen LogP contribution in [0.15, 0.2) is 42.0 Å². The molecule has 1 atom stereocenters. The number of methoxy groups -OCH3 is 1. The van der Waals surface area contributed by atoms with Gasteiger partial charge in [-0.2, -0.15) is 0 Å². The van der Waals surface area contributed by atoms with Crippen molar-refractivity contribution in [2.45, 2.75) is 32.7 Å². The smallest absolute Gasteiger partial charge is 0.295 e. The first-order valence-electron chi connectivity index (χ1n) is 13.3. The molecule has 0 unspecified atom stereocenters. The fourth-order valence-corrected chi connectivity index (χ4v) is 4.74. The average Bonchev–Trinajstić information content (AvgIpc) is 3.17. The Labute approximate surface area is 229 Å². The Kier molecular flexibility index (Phi) is 9.01. The van der Waals surface area contributed by atoms with Crippen LogP contribution in [0, 0.1) is 5.92 Å². The van der Waals surface area contributed by atoms with E-state index in [1.54, 1.807) is 37.4 Å². The normalized spacial score (nSPS) is 18.2. The van der Waals surface area contributed by atoms with Crippen molar-refractivity contribution in [2.75, 3.05) is 54.1 Å². The number of likely N-dealkylation sites (tertiary alicyclic amines) is 1. The van der Waals surface area contributed by atoms with Gasteiger partial charge in [0.05, 0.1) is 25.3 Å². The summed E-state index contributed by atoms with van der Waals surface area (Å²) in [7, 11) is 5.46. The van der Waals surface area contributed by atoms with Gasteiger partial charge in [-0.25, -0.2) is 0 Å². The van der Waals surface area contributed by atoms with Crippen LogP contribution in [0.3, 0.4) is 0 Å². The molecule has 2 aliphatic heterocycles. The zero-order valence-corrected chi connectivity index (χ0v) is 23.4. The molecule has 39 heavy (non-hydrogen) atoms. The van der Waals surface area contributed by atoms with Gasteiger partial charge < -0.3 is 33.9 Å². The topological polar surface area (TPSA) is 97.8 Å². The second-order valence-corrected chi connectivity index (χ2v) is 10.4. The molecule has 2 aromatic rings. The predicted molar refractivity (Wildman–Crippen MR) is 148 cm³/mol. The molecule has 4 rings (SSSR count). The maximum Gasteiger partial charge on any atom is 0.295 e. The highest BCUT2D eigenvalue weighted by Gasteiger charge is 2.46. The first-order chi connectivity index (χ1) is 18.7. The number of carbonyl (C=O) groups excluding carboxylic acids is 2. The molecule has 0 radical (unpaired) electrons. The van der Waals surface area contributed by atoms with Gasteiger partial charge in [0.25, 0.3) is 11.7 Å². The Morgan fingerprint density at radius 3 is 2.51 bits per heavy atom. The molecule has 0 aliphatic carbocycles. The van der Waals surface area contributed by atoms with Gasteiger partial charge in [-0.05, 0) is 75.3 Å². The third-order valence-electron chi connectivity index (χ3n) is 6.82. The molecule has 1 fully saturated rings. The van der Waals surface area contributed by atoms with Gasteiger partial charge in [-0.3, -0.25) is 9.59 Å². The van der Waals surface area contributed by atoms with Crippen molar-refractivity contribution in [3.8, 4) is 23.0 Å². The Morgan fingerprint density at radius 1 is 1.08 bits per heavy atom. The summed E-state index contributed by atoms with van der Waals surface area (Å²) in [5.74, 6) is 0.984. The highest BCUT2D eigenvalue weighted by molar-refractivity contribution is 6.46. The summed E-state index contributed by atoms with van der Waals surface area (Å²) in [5.41, 5.74) is 1.04. The van der Waals surface area contributed by atoms with Crippen molar-refractivity contribution < 1.29 is 33.6 Å². The van der Waals surface area contributed by atoms with E-state index < -0.39 is 17.7 Å². The summed E-state index contributed by atoms with van der Waals surface area (Å²) < 4.78 is 22.8. The minimum atomic E-state index is -0.793. The highest BCUT2D eigenvalue weighted by atomic mass is 16.6. The maximum atomic E-state index is 13.4. The second kappa shape index (κ2) is 12.4. The molecule has 0 saturated carbocycles. The average molecular weight is 539 g/mol. The first kappa shape index (κ1) is 28.3. The van der Waals surface area contributed by atoms with Crippen LogP contribution in [0.4, 0.5) is 0 Å². The number of aliphatic hydroxyl groups excluding tert-OH is 1. The molecule has 0 aromatic heterocycles. The lowest BCUT2D eigenvalue weighted by Gasteiger charge is -2.26. The number of hydrogen-bond donors (Lipinski definition) is 1. The molecule has 1 N–H and O–H groups in total. The summed E-state index contributed by atoms with van der Waals surface area (Å²) in [5, 5.41) is 11.4. The molecule has 1 saturated heterocycles. The van der Waals surface area contributed by atoms with Gasteiger partial charge in [0.1, 0.15) is 19.0 Å². The third kappa shape index (κ3) is 6.30. The van der Waals surface area contributed by atoms with E-state index >= 15 is 0 Å². The van der Waals surface area contributed by atoms with Crippen LogP contribution in [0.25, 0.3) is 5.76 Å².